The lowest BCUT2D eigenvalue weighted by Crippen LogP contribution is -2.26. The van der Waals surface area contributed by atoms with Crippen LogP contribution in [0, 0.1) is 0 Å². The predicted octanol–water partition coefficient (Wildman–Crippen LogP) is 5.07. The first kappa shape index (κ1) is 20.2. The molecular formula is C20H16Cl2N2O3S. The van der Waals surface area contributed by atoms with E-state index in [-0.39, 0.29) is 4.90 Å². The van der Waals surface area contributed by atoms with Crippen molar-refractivity contribution in [3.8, 4) is 0 Å². The standard InChI is InChI=1S/C20H16Cl2N2O3S/c1-24(28(26,27)19-8-3-2-4-9-19)18-7-5-6-14(10-18)20(25)23-17-12-15(21)11-16(22)13-17/h2-13H,1H3,(H,23,25). The Morgan fingerprint density at radius 3 is 2.18 bits per heavy atom. The number of hydrogen-bond acceptors (Lipinski definition) is 3. The van der Waals surface area contributed by atoms with Gasteiger partial charge in [-0.2, -0.15) is 0 Å². The van der Waals surface area contributed by atoms with E-state index in [1.54, 1.807) is 54.6 Å². The first-order valence-electron chi connectivity index (χ1n) is 8.19. The van der Waals surface area contributed by atoms with E-state index in [9.17, 15) is 13.2 Å². The SMILES string of the molecule is CN(c1cccc(C(=O)Nc2cc(Cl)cc(Cl)c2)c1)S(=O)(=O)c1ccccc1. The number of hydrogen-bond donors (Lipinski definition) is 1. The van der Waals surface area contributed by atoms with Gasteiger partial charge in [-0.05, 0) is 48.5 Å². The molecule has 0 atom stereocenters. The molecule has 1 amide bonds. The van der Waals surface area contributed by atoms with Crippen LogP contribution in [0.25, 0.3) is 0 Å². The second-order valence-electron chi connectivity index (χ2n) is 5.95. The lowest BCUT2D eigenvalue weighted by Gasteiger charge is -2.20. The summed E-state index contributed by atoms with van der Waals surface area (Å²) in [7, 11) is -2.30. The van der Waals surface area contributed by atoms with Gasteiger partial charge in [0.2, 0.25) is 0 Å². The Labute approximate surface area is 173 Å². The number of amides is 1. The molecule has 0 saturated heterocycles. The molecule has 0 aliphatic heterocycles. The predicted molar refractivity (Wildman–Crippen MR) is 113 cm³/mol. The normalized spacial score (nSPS) is 11.1. The Bertz CT molecular complexity index is 1100. The van der Waals surface area contributed by atoms with Crippen LogP contribution < -0.4 is 9.62 Å². The van der Waals surface area contributed by atoms with Crippen LogP contribution in [0.1, 0.15) is 10.4 Å². The molecule has 3 aromatic carbocycles. The van der Waals surface area contributed by atoms with Crippen molar-refractivity contribution < 1.29 is 13.2 Å². The number of carbonyl (C=O) groups excluding carboxylic acids is 1. The van der Waals surface area contributed by atoms with Crippen LogP contribution in [0.4, 0.5) is 11.4 Å². The fourth-order valence-corrected chi connectivity index (χ4v) is 4.30. The first-order chi connectivity index (χ1) is 13.3. The highest BCUT2D eigenvalue weighted by Crippen LogP contribution is 2.25. The molecule has 0 spiro atoms. The lowest BCUT2D eigenvalue weighted by molar-refractivity contribution is 0.102. The molecule has 0 aliphatic rings. The van der Waals surface area contributed by atoms with Crippen molar-refractivity contribution in [2.75, 3.05) is 16.7 Å². The molecule has 0 bridgehead atoms. The summed E-state index contributed by atoms with van der Waals surface area (Å²) in [5.74, 6) is -0.411. The van der Waals surface area contributed by atoms with Gasteiger partial charge in [-0.25, -0.2) is 8.42 Å². The van der Waals surface area contributed by atoms with E-state index >= 15 is 0 Å². The highest BCUT2D eigenvalue weighted by Gasteiger charge is 2.21. The van der Waals surface area contributed by atoms with E-state index in [1.807, 2.05) is 0 Å². The van der Waals surface area contributed by atoms with Crippen molar-refractivity contribution in [2.24, 2.45) is 0 Å². The van der Waals surface area contributed by atoms with Gasteiger partial charge in [-0.3, -0.25) is 9.10 Å². The minimum atomic E-state index is -3.74. The minimum Gasteiger partial charge on any atom is -0.322 e. The quantitative estimate of drug-likeness (QED) is 0.609. The van der Waals surface area contributed by atoms with E-state index < -0.39 is 15.9 Å². The van der Waals surface area contributed by atoms with Crippen molar-refractivity contribution in [3.63, 3.8) is 0 Å². The molecule has 5 nitrogen and oxygen atoms in total. The van der Waals surface area contributed by atoms with Gasteiger partial charge in [0.1, 0.15) is 0 Å². The van der Waals surface area contributed by atoms with Gasteiger partial charge < -0.3 is 5.32 Å². The summed E-state index contributed by atoms with van der Waals surface area (Å²) in [6, 6.07) is 19.1. The monoisotopic (exact) mass is 434 g/mol. The molecule has 144 valence electrons. The molecule has 3 rings (SSSR count). The number of nitrogens with zero attached hydrogens (tertiary/aromatic N) is 1. The summed E-state index contributed by atoms with van der Waals surface area (Å²) in [4.78, 5) is 12.7. The second kappa shape index (κ2) is 8.22. The molecular weight excluding hydrogens is 419 g/mol. The number of benzene rings is 3. The summed E-state index contributed by atoms with van der Waals surface area (Å²) in [6.07, 6.45) is 0. The molecule has 0 aromatic heterocycles. The largest absolute Gasteiger partial charge is 0.322 e. The van der Waals surface area contributed by atoms with Crippen LogP contribution in [0.3, 0.4) is 0 Å². The van der Waals surface area contributed by atoms with Gasteiger partial charge in [0.15, 0.2) is 0 Å². The second-order valence-corrected chi connectivity index (χ2v) is 8.79. The van der Waals surface area contributed by atoms with Crippen molar-refractivity contribution in [3.05, 3.63) is 88.4 Å². The summed E-state index contributed by atoms with van der Waals surface area (Å²) in [6.45, 7) is 0. The van der Waals surface area contributed by atoms with Crippen LogP contribution in [0.2, 0.25) is 10.0 Å². The van der Waals surface area contributed by atoms with E-state index in [0.717, 1.165) is 4.31 Å². The van der Waals surface area contributed by atoms with Gasteiger partial charge >= 0.3 is 0 Å². The Morgan fingerprint density at radius 2 is 1.54 bits per heavy atom. The van der Waals surface area contributed by atoms with Gasteiger partial charge in [0, 0.05) is 28.3 Å². The number of halogens is 2. The van der Waals surface area contributed by atoms with Crippen molar-refractivity contribution in [1.82, 2.24) is 0 Å². The number of nitrogens with one attached hydrogen (secondary N) is 1. The fourth-order valence-electron chi connectivity index (χ4n) is 2.56. The van der Waals surface area contributed by atoms with Gasteiger partial charge in [-0.15, -0.1) is 0 Å². The third-order valence-electron chi connectivity index (χ3n) is 3.99. The molecule has 8 heteroatoms. The van der Waals surface area contributed by atoms with Crippen LogP contribution in [-0.2, 0) is 10.0 Å². The topological polar surface area (TPSA) is 66.5 Å². The Balaban J connectivity index is 1.86. The van der Waals surface area contributed by atoms with E-state index in [2.05, 4.69) is 5.32 Å². The Kier molecular flexibility index (Phi) is 5.93. The number of sulfonamides is 1. The molecule has 3 aromatic rings. The zero-order valence-corrected chi connectivity index (χ0v) is 17.1. The molecule has 0 unspecified atom stereocenters. The molecule has 0 aliphatic carbocycles. The highest BCUT2D eigenvalue weighted by atomic mass is 35.5. The average molecular weight is 435 g/mol. The highest BCUT2D eigenvalue weighted by molar-refractivity contribution is 7.92. The minimum absolute atomic E-state index is 0.168. The molecule has 1 N–H and O–H groups in total. The molecule has 0 fully saturated rings. The van der Waals surface area contributed by atoms with Crippen molar-refractivity contribution >= 4 is 50.5 Å². The van der Waals surface area contributed by atoms with Crippen LogP contribution in [0.5, 0.6) is 0 Å². The first-order valence-corrected chi connectivity index (χ1v) is 10.4. The van der Waals surface area contributed by atoms with Crippen molar-refractivity contribution in [1.29, 1.82) is 0 Å². The summed E-state index contributed by atoms with van der Waals surface area (Å²) in [5.41, 5.74) is 1.10. The smallest absolute Gasteiger partial charge is 0.264 e. The summed E-state index contributed by atoms with van der Waals surface area (Å²) in [5, 5.41) is 3.49. The third kappa shape index (κ3) is 4.47. The van der Waals surface area contributed by atoms with Crippen LogP contribution in [0.15, 0.2) is 77.7 Å². The van der Waals surface area contributed by atoms with E-state index in [1.165, 1.54) is 25.2 Å². The van der Waals surface area contributed by atoms with Gasteiger partial charge in [-0.1, -0.05) is 47.5 Å². The Morgan fingerprint density at radius 1 is 0.893 bits per heavy atom. The van der Waals surface area contributed by atoms with Gasteiger partial charge in [0.05, 0.1) is 10.6 Å². The van der Waals surface area contributed by atoms with Gasteiger partial charge in [0.25, 0.3) is 15.9 Å². The van der Waals surface area contributed by atoms with Crippen molar-refractivity contribution in [2.45, 2.75) is 4.90 Å². The Hall–Kier alpha value is -2.54. The number of rotatable bonds is 5. The maximum absolute atomic E-state index is 12.8. The zero-order valence-electron chi connectivity index (χ0n) is 14.8. The molecule has 28 heavy (non-hydrogen) atoms. The number of anilines is 2. The third-order valence-corrected chi connectivity index (χ3v) is 6.23. The average Bonchev–Trinajstić information content (AvgIpc) is 2.67. The zero-order chi connectivity index (χ0) is 20.3. The van der Waals surface area contributed by atoms with E-state index in [0.29, 0.717) is 27.0 Å². The number of carbonyl (C=O) groups is 1. The maximum atomic E-state index is 12.8. The van der Waals surface area contributed by atoms with E-state index in [4.69, 9.17) is 23.2 Å². The van der Waals surface area contributed by atoms with Crippen LogP contribution >= 0.6 is 23.2 Å². The summed E-state index contributed by atoms with van der Waals surface area (Å²) < 4.78 is 26.7. The molecule has 0 heterocycles. The molecule has 0 radical (unpaired) electrons. The molecule has 0 saturated carbocycles. The maximum Gasteiger partial charge on any atom is 0.264 e. The summed E-state index contributed by atoms with van der Waals surface area (Å²) >= 11 is 11.9. The van der Waals surface area contributed by atoms with Crippen LogP contribution in [-0.4, -0.2) is 21.4 Å². The lowest BCUT2D eigenvalue weighted by atomic mass is 10.2. The fraction of sp³-hybridized carbons (Fsp3) is 0.0500.